The smallest absolute Gasteiger partial charge is 0.225 e. The molecule has 0 unspecified atom stereocenters. The van der Waals surface area contributed by atoms with Gasteiger partial charge in [-0.3, -0.25) is 0 Å². The third kappa shape index (κ3) is 4.49. The Bertz CT molecular complexity index is 840. The molecule has 134 valence electrons. The van der Waals surface area contributed by atoms with E-state index in [1.165, 1.54) is 0 Å². The normalized spacial score (nSPS) is 10.4. The third-order valence-corrected chi connectivity index (χ3v) is 3.78. The van der Waals surface area contributed by atoms with E-state index in [0.29, 0.717) is 24.7 Å². The molecule has 1 aromatic heterocycles. The van der Waals surface area contributed by atoms with Crippen molar-refractivity contribution in [2.75, 3.05) is 30.9 Å². The van der Waals surface area contributed by atoms with E-state index in [1.54, 1.807) is 7.11 Å². The number of hydrogen-bond donors (Lipinski definition) is 3. The summed E-state index contributed by atoms with van der Waals surface area (Å²) >= 11 is 0. The summed E-state index contributed by atoms with van der Waals surface area (Å²) in [6, 6.07) is 19.5. The summed E-state index contributed by atoms with van der Waals surface area (Å²) in [7, 11) is 1.64. The van der Waals surface area contributed by atoms with E-state index in [-0.39, 0.29) is 6.61 Å². The molecule has 3 aromatic rings. The highest BCUT2D eigenvalue weighted by atomic mass is 16.5. The summed E-state index contributed by atoms with van der Waals surface area (Å²) in [5, 5.41) is 15.4. The van der Waals surface area contributed by atoms with E-state index in [9.17, 15) is 0 Å². The Hall–Kier alpha value is -3.12. The predicted molar refractivity (Wildman–Crippen MR) is 104 cm³/mol. The van der Waals surface area contributed by atoms with Crippen LogP contribution in [-0.4, -0.2) is 35.3 Å². The Balaban J connectivity index is 1.93. The average Bonchev–Trinajstić information content (AvgIpc) is 2.69. The summed E-state index contributed by atoms with van der Waals surface area (Å²) < 4.78 is 5.39. The molecule has 0 bridgehead atoms. The molecule has 0 aliphatic heterocycles. The molecule has 1 heterocycles. The molecule has 0 amide bonds. The number of nitrogens with zero attached hydrogens (tertiary/aromatic N) is 2. The SMILES string of the molecule is COc1ccccc1Nc1cc(-c2ccccc2)nc(NCCCO)n1. The first-order valence-corrected chi connectivity index (χ1v) is 8.49. The fraction of sp³-hybridized carbons (Fsp3) is 0.200. The molecule has 3 N–H and O–H groups in total. The summed E-state index contributed by atoms with van der Waals surface area (Å²) in [5.74, 6) is 1.91. The zero-order valence-corrected chi connectivity index (χ0v) is 14.6. The minimum atomic E-state index is 0.123. The van der Waals surface area contributed by atoms with Crippen LogP contribution in [0.5, 0.6) is 5.75 Å². The topological polar surface area (TPSA) is 79.3 Å². The van der Waals surface area contributed by atoms with Crippen LogP contribution in [0.2, 0.25) is 0 Å². The van der Waals surface area contributed by atoms with Gasteiger partial charge in [0.05, 0.1) is 18.5 Å². The number of benzene rings is 2. The average molecular weight is 350 g/mol. The number of aliphatic hydroxyl groups excluding tert-OH is 1. The Morgan fingerprint density at radius 2 is 1.77 bits per heavy atom. The van der Waals surface area contributed by atoms with Gasteiger partial charge in [-0.2, -0.15) is 4.98 Å². The number of aromatic nitrogens is 2. The van der Waals surface area contributed by atoms with Crippen molar-refractivity contribution in [2.24, 2.45) is 0 Å². The summed E-state index contributed by atoms with van der Waals surface area (Å²) in [5.41, 5.74) is 2.64. The van der Waals surface area contributed by atoms with Crippen LogP contribution in [0.3, 0.4) is 0 Å². The molecule has 0 atom stereocenters. The largest absolute Gasteiger partial charge is 0.495 e. The summed E-state index contributed by atoms with van der Waals surface area (Å²) in [6.45, 7) is 0.723. The molecule has 0 saturated carbocycles. The van der Waals surface area contributed by atoms with E-state index in [1.807, 2.05) is 60.7 Å². The number of methoxy groups -OCH3 is 1. The van der Waals surface area contributed by atoms with Gasteiger partial charge in [-0.15, -0.1) is 0 Å². The second kappa shape index (κ2) is 8.82. The van der Waals surface area contributed by atoms with Crippen molar-refractivity contribution in [3.05, 3.63) is 60.7 Å². The van der Waals surface area contributed by atoms with Gasteiger partial charge in [0.2, 0.25) is 5.95 Å². The predicted octanol–water partition coefficient (Wildman–Crippen LogP) is 3.69. The molecule has 0 fully saturated rings. The highest BCUT2D eigenvalue weighted by Gasteiger charge is 2.09. The number of rotatable bonds is 8. The fourth-order valence-corrected chi connectivity index (χ4v) is 2.51. The van der Waals surface area contributed by atoms with Crippen LogP contribution >= 0.6 is 0 Å². The quantitative estimate of drug-likeness (QED) is 0.538. The summed E-state index contributed by atoms with van der Waals surface area (Å²) in [6.07, 6.45) is 0.633. The lowest BCUT2D eigenvalue weighted by Crippen LogP contribution is -2.09. The van der Waals surface area contributed by atoms with Gasteiger partial charge in [0.15, 0.2) is 0 Å². The standard InChI is InChI=1S/C20H22N4O2/c1-26-18-11-6-5-10-16(18)22-19-14-17(15-8-3-2-4-9-15)23-20(24-19)21-12-7-13-25/h2-6,8-11,14,25H,7,12-13H2,1H3,(H2,21,22,23,24). The third-order valence-electron chi connectivity index (χ3n) is 3.78. The van der Waals surface area contributed by atoms with Gasteiger partial charge in [0, 0.05) is 24.8 Å². The maximum Gasteiger partial charge on any atom is 0.225 e. The van der Waals surface area contributed by atoms with Crippen LogP contribution in [0.1, 0.15) is 6.42 Å². The Morgan fingerprint density at radius 1 is 1.00 bits per heavy atom. The van der Waals surface area contributed by atoms with Crippen molar-refractivity contribution in [3.8, 4) is 17.0 Å². The zero-order valence-electron chi connectivity index (χ0n) is 14.6. The number of nitrogens with one attached hydrogen (secondary N) is 2. The first-order chi connectivity index (χ1) is 12.8. The lowest BCUT2D eigenvalue weighted by molar-refractivity contribution is 0.292. The van der Waals surface area contributed by atoms with E-state index < -0.39 is 0 Å². The minimum absolute atomic E-state index is 0.123. The zero-order chi connectivity index (χ0) is 18.2. The van der Waals surface area contributed by atoms with E-state index in [4.69, 9.17) is 9.84 Å². The number of anilines is 3. The molecule has 0 radical (unpaired) electrons. The van der Waals surface area contributed by atoms with Crippen LogP contribution in [0.25, 0.3) is 11.3 Å². The highest BCUT2D eigenvalue weighted by molar-refractivity contribution is 5.69. The van der Waals surface area contributed by atoms with Crippen molar-refractivity contribution in [3.63, 3.8) is 0 Å². The lowest BCUT2D eigenvalue weighted by Gasteiger charge is -2.13. The van der Waals surface area contributed by atoms with Crippen molar-refractivity contribution >= 4 is 17.5 Å². The molecule has 26 heavy (non-hydrogen) atoms. The van der Waals surface area contributed by atoms with Crippen molar-refractivity contribution < 1.29 is 9.84 Å². The minimum Gasteiger partial charge on any atom is -0.495 e. The fourth-order valence-electron chi connectivity index (χ4n) is 2.51. The van der Waals surface area contributed by atoms with Crippen LogP contribution < -0.4 is 15.4 Å². The molecule has 3 rings (SSSR count). The number of para-hydroxylation sites is 2. The Morgan fingerprint density at radius 3 is 2.54 bits per heavy atom. The number of ether oxygens (including phenoxy) is 1. The van der Waals surface area contributed by atoms with Gasteiger partial charge < -0.3 is 20.5 Å². The van der Waals surface area contributed by atoms with Gasteiger partial charge in [-0.25, -0.2) is 4.98 Å². The molecular formula is C20H22N4O2. The van der Waals surface area contributed by atoms with Gasteiger partial charge in [-0.05, 0) is 18.6 Å². The highest BCUT2D eigenvalue weighted by Crippen LogP contribution is 2.28. The van der Waals surface area contributed by atoms with Gasteiger partial charge >= 0.3 is 0 Å². The first-order valence-electron chi connectivity index (χ1n) is 8.49. The molecule has 0 aliphatic carbocycles. The van der Waals surface area contributed by atoms with Crippen molar-refractivity contribution in [1.29, 1.82) is 0 Å². The first kappa shape index (κ1) is 17.7. The molecule has 6 nitrogen and oxygen atoms in total. The molecule has 0 saturated heterocycles. The van der Waals surface area contributed by atoms with Gasteiger partial charge in [0.25, 0.3) is 0 Å². The van der Waals surface area contributed by atoms with Crippen LogP contribution in [0, 0.1) is 0 Å². The van der Waals surface area contributed by atoms with Crippen LogP contribution in [0.4, 0.5) is 17.5 Å². The second-order valence-electron chi connectivity index (χ2n) is 5.66. The van der Waals surface area contributed by atoms with E-state index in [2.05, 4.69) is 20.6 Å². The number of aliphatic hydroxyl groups is 1. The summed E-state index contributed by atoms with van der Waals surface area (Å²) in [4.78, 5) is 9.12. The Labute approximate surface area is 152 Å². The maximum absolute atomic E-state index is 8.98. The van der Waals surface area contributed by atoms with Gasteiger partial charge in [0.1, 0.15) is 11.6 Å². The van der Waals surface area contributed by atoms with E-state index in [0.717, 1.165) is 22.7 Å². The second-order valence-corrected chi connectivity index (χ2v) is 5.66. The Kier molecular flexibility index (Phi) is 6.01. The molecule has 6 heteroatoms. The van der Waals surface area contributed by atoms with Crippen molar-refractivity contribution in [2.45, 2.75) is 6.42 Å². The monoisotopic (exact) mass is 350 g/mol. The molecule has 0 aliphatic rings. The van der Waals surface area contributed by atoms with E-state index >= 15 is 0 Å². The van der Waals surface area contributed by atoms with Gasteiger partial charge in [-0.1, -0.05) is 42.5 Å². The van der Waals surface area contributed by atoms with Crippen LogP contribution in [0.15, 0.2) is 60.7 Å². The van der Waals surface area contributed by atoms with Crippen molar-refractivity contribution in [1.82, 2.24) is 9.97 Å². The maximum atomic E-state index is 8.98. The number of hydrogen-bond acceptors (Lipinski definition) is 6. The lowest BCUT2D eigenvalue weighted by atomic mass is 10.1. The molecule has 0 spiro atoms. The molecular weight excluding hydrogens is 328 g/mol. The van der Waals surface area contributed by atoms with Crippen LogP contribution in [-0.2, 0) is 0 Å². The molecule has 2 aromatic carbocycles.